The van der Waals surface area contributed by atoms with Crippen LogP contribution in [0.2, 0.25) is 10.0 Å². The van der Waals surface area contributed by atoms with E-state index in [9.17, 15) is 4.79 Å². The van der Waals surface area contributed by atoms with Crippen molar-refractivity contribution in [2.75, 3.05) is 11.9 Å². The summed E-state index contributed by atoms with van der Waals surface area (Å²) in [6, 6.07) is 11.3. The standard InChI is InChI=1S/C17H18Cl2N2O/c1-11-7-12(2)17(15(19)8-11)21-10-16(22)20-9-13-3-5-14(18)6-4-13/h3-8,21H,9-10H2,1-2H3,(H,20,22). The predicted molar refractivity (Wildman–Crippen MR) is 92.7 cm³/mol. The molecule has 3 nitrogen and oxygen atoms in total. The van der Waals surface area contributed by atoms with Gasteiger partial charge in [-0.3, -0.25) is 4.79 Å². The predicted octanol–water partition coefficient (Wildman–Crippen LogP) is 4.34. The molecule has 0 radical (unpaired) electrons. The molecular weight excluding hydrogens is 319 g/mol. The largest absolute Gasteiger partial charge is 0.375 e. The van der Waals surface area contributed by atoms with Crippen molar-refractivity contribution in [1.82, 2.24) is 5.32 Å². The zero-order valence-electron chi connectivity index (χ0n) is 12.5. The topological polar surface area (TPSA) is 41.1 Å². The average Bonchev–Trinajstić information content (AvgIpc) is 2.45. The van der Waals surface area contributed by atoms with Crippen molar-refractivity contribution >= 4 is 34.8 Å². The number of carbonyl (C=O) groups is 1. The number of carbonyl (C=O) groups excluding carboxylic acids is 1. The fourth-order valence-electron chi connectivity index (χ4n) is 2.17. The van der Waals surface area contributed by atoms with Crippen molar-refractivity contribution in [2.45, 2.75) is 20.4 Å². The second-order valence-electron chi connectivity index (χ2n) is 5.20. The van der Waals surface area contributed by atoms with Crippen molar-refractivity contribution in [3.8, 4) is 0 Å². The Balaban J connectivity index is 1.87. The molecule has 0 aromatic heterocycles. The van der Waals surface area contributed by atoms with Crippen molar-refractivity contribution in [3.05, 3.63) is 63.1 Å². The minimum atomic E-state index is -0.0917. The molecule has 2 aromatic rings. The molecule has 0 unspecified atom stereocenters. The summed E-state index contributed by atoms with van der Waals surface area (Å²) >= 11 is 12.0. The van der Waals surface area contributed by atoms with Gasteiger partial charge in [0.2, 0.25) is 5.91 Å². The molecule has 0 aliphatic carbocycles. The average molecular weight is 337 g/mol. The van der Waals surface area contributed by atoms with Gasteiger partial charge in [-0.25, -0.2) is 0 Å². The molecule has 1 amide bonds. The Morgan fingerprint density at radius 1 is 1.09 bits per heavy atom. The number of rotatable bonds is 5. The molecule has 22 heavy (non-hydrogen) atoms. The Bertz CT molecular complexity index is 646. The first-order valence-electron chi connectivity index (χ1n) is 6.97. The van der Waals surface area contributed by atoms with Gasteiger partial charge in [-0.05, 0) is 48.7 Å². The lowest BCUT2D eigenvalue weighted by Gasteiger charge is -2.12. The van der Waals surface area contributed by atoms with E-state index in [2.05, 4.69) is 10.6 Å². The third-order valence-electron chi connectivity index (χ3n) is 3.26. The highest BCUT2D eigenvalue weighted by Crippen LogP contribution is 2.26. The first-order chi connectivity index (χ1) is 10.5. The maximum absolute atomic E-state index is 11.9. The molecule has 0 heterocycles. The van der Waals surface area contributed by atoms with Crippen molar-refractivity contribution in [2.24, 2.45) is 0 Å². The molecular formula is C17H18Cl2N2O. The maximum atomic E-state index is 11.9. The molecule has 2 aromatic carbocycles. The monoisotopic (exact) mass is 336 g/mol. The summed E-state index contributed by atoms with van der Waals surface area (Å²) in [6.45, 7) is 4.60. The number of hydrogen-bond acceptors (Lipinski definition) is 2. The van der Waals surface area contributed by atoms with Gasteiger partial charge in [0.05, 0.1) is 17.3 Å². The summed E-state index contributed by atoms with van der Waals surface area (Å²) < 4.78 is 0. The highest BCUT2D eigenvalue weighted by atomic mass is 35.5. The number of halogens is 2. The highest BCUT2D eigenvalue weighted by Gasteiger charge is 2.07. The van der Waals surface area contributed by atoms with Gasteiger partial charge in [0.25, 0.3) is 0 Å². The second kappa shape index (κ2) is 7.52. The van der Waals surface area contributed by atoms with Gasteiger partial charge in [-0.2, -0.15) is 0 Å². The van der Waals surface area contributed by atoms with Crippen LogP contribution in [0.25, 0.3) is 0 Å². The van der Waals surface area contributed by atoms with Crippen LogP contribution in [0.15, 0.2) is 36.4 Å². The molecule has 116 valence electrons. The normalized spacial score (nSPS) is 10.4. The molecule has 0 saturated carbocycles. The van der Waals surface area contributed by atoms with Crippen LogP contribution in [0.3, 0.4) is 0 Å². The Hall–Kier alpha value is -1.71. The van der Waals surface area contributed by atoms with Crippen LogP contribution < -0.4 is 10.6 Å². The van der Waals surface area contributed by atoms with E-state index in [0.29, 0.717) is 16.6 Å². The molecule has 2 rings (SSSR count). The Morgan fingerprint density at radius 2 is 1.77 bits per heavy atom. The zero-order valence-corrected chi connectivity index (χ0v) is 14.1. The molecule has 0 spiro atoms. The fourth-order valence-corrected chi connectivity index (χ4v) is 2.69. The Labute approximate surface area is 140 Å². The number of benzene rings is 2. The second-order valence-corrected chi connectivity index (χ2v) is 6.04. The molecule has 0 bridgehead atoms. The molecule has 0 atom stereocenters. The highest BCUT2D eigenvalue weighted by molar-refractivity contribution is 6.33. The van der Waals surface area contributed by atoms with Crippen LogP contribution in [-0.2, 0) is 11.3 Å². The number of aryl methyl sites for hydroxylation is 2. The van der Waals surface area contributed by atoms with E-state index in [0.717, 1.165) is 22.4 Å². The SMILES string of the molecule is Cc1cc(C)c(NCC(=O)NCc2ccc(Cl)cc2)c(Cl)c1. The van der Waals surface area contributed by atoms with Crippen molar-refractivity contribution < 1.29 is 4.79 Å². The summed E-state index contributed by atoms with van der Waals surface area (Å²) in [4.78, 5) is 11.9. The fraction of sp³-hybridized carbons (Fsp3) is 0.235. The summed E-state index contributed by atoms with van der Waals surface area (Å²) in [6.07, 6.45) is 0. The quantitative estimate of drug-likeness (QED) is 0.852. The van der Waals surface area contributed by atoms with E-state index >= 15 is 0 Å². The molecule has 0 fully saturated rings. The molecule has 0 aliphatic heterocycles. The Kier molecular flexibility index (Phi) is 5.69. The first kappa shape index (κ1) is 16.7. The van der Waals surface area contributed by atoms with Gasteiger partial charge in [0.1, 0.15) is 0 Å². The lowest BCUT2D eigenvalue weighted by atomic mass is 10.1. The van der Waals surface area contributed by atoms with E-state index in [-0.39, 0.29) is 12.5 Å². The molecule has 0 aliphatic rings. The van der Waals surface area contributed by atoms with Gasteiger partial charge in [0.15, 0.2) is 0 Å². The van der Waals surface area contributed by atoms with Crippen LogP contribution in [0.1, 0.15) is 16.7 Å². The molecule has 2 N–H and O–H groups in total. The van der Waals surface area contributed by atoms with Crippen molar-refractivity contribution in [3.63, 3.8) is 0 Å². The van der Waals surface area contributed by atoms with E-state index in [1.54, 1.807) is 12.1 Å². The third-order valence-corrected chi connectivity index (χ3v) is 3.81. The summed E-state index contributed by atoms with van der Waals surface area (Å²) in [5, 5.41) is 7.25. The number of nitrogens with one attached hydrogen (secondary N) is 2. The van der Waals surface area contributed by atoms with Crippen LogP contribution in [-0.4, -0.2) is 12.5 Å². The maximum Gasteiger partial charge on any atom is 0.239 e. The van der Waals surface area contributed by atoms with Gasteiger partial charge < -0.3 is 10.6 Å². The third kappa shape index (κ3) is 4.65. The van der Waals surface area contributed by atoms with Crippen LogP contribution in [0.4, 0.5) is 5.69 Å². The van der Waals surface area contributed by atoms with E-state index in [1.807, 2.05) is 38.1 Å². The summed E-state index contributed by atoms with van der Waals surface area (Å²) in [5.41, 5.74) is 3.92. The van der Waals surface area contributed by atoms with E-state index in [1.165, 1.54) is 0 Å². The van der Waals surface area contributed by atoms with Gasteiger partial charge in [-0.15, -0.1) is 0 Å². The van der Waals surface area contributed by atoms with Gasteiger partial charge in [-0.1, -0.05) is 41.4 Å². The number of anilines is 1. The number of amides is 1. The van der Waals surface area contributed by atoms with Crippen LogP contribution in [0.5, 0.6) is 0 Å². The van der Waals surface area contributed by atoms with Gasteiger partial charge in [0, 0.05) is 11.6 Å². The minimum absolute atomic E-state index is 0.0917. The van der Waals surface area contributed by atoms with E-state index < -0.39 is 0 Å². The van der Waals surface area contributed by atoms with Crippen LogP contribution in [0, 0.1) is 13.8 Å². The summed E-state index contributed by atoms with van der Waals surface area (Å²) in [7, 11) is 0. The summed E-state index contributed by atoms with van der Waals surface area (Å²) in [5.74, 6) is -0.0917. The lowest BCUT2D eigenvalue weighted by molar-refractivity contribution is -0.119. The molecule has 0 saturated heterocycles. The molecule has 5 heteroatoms. The zero-order chi connectivity index (χ0) is 16.1. The smallest absolute Gasteiger partial charge is 0.239 e. The van der Waals surface area contributed by atoms with Crippen LogP contribution >= 0.6 is 23.2 Å². The van der Waals surface area contributed by atoms with Gasteiger partial charge >= 0.3 is 0 Å². The van der Waals surface area contributed by atoms with Crippen molar-refractivity contribution in [1.29, 1.82) is 0 Å². The van der Waals surface area contributed by atoms with E-state index in [4.69, 9.17) is 23.2 Å². The minimum Gasteiger partial charge on any atom is -0.375 e. The number of hydrogen-bond donors (Lipinski definition) is 2. The first-order valence-corrected chi connectivity index (χ1v) is 7.73. The lowest BCUT2D eigenvalue weighted by Crippen LogP contribution is -2.29. The Morgan fingerprint density at radius 3 is 2.41 bits per heavy atom.